The first-order chi connectivity index (χ1) is 17.2. The highest BCUT2D eigenvalue weighted by Crippen LogP contribution is 2.49. The highest BCUT2D eigenvalue weighted by Gasteiger charge is 2.48. The first-order valence-corrected chi connectivity index (χ1v) is 12.9. The minimum absolute atomic E-state index is 0.0556. The van der Waals surface area contributed by atoms with Crippen LogP contribution in [0.5, 0.6) is 11.5 Å². The maximum Gasteiger partial charge on any atom is 0.336 e. The second-order valence-electron chi connectivity index (χ2n) is 10.4. The van der Waals surface area contributed by atoms with Gasteiger partial charge in [-0.3, -0.25) is 9.69 Å². The summed E-state index contributed by atoms with van der Waals surface area (Å²) in [5.74, 6) is 0.718. The van der Waals surface area contributed by atoms with Crippen molar-refractivity contribution in [2.45, 2.75) is 65.3 Å². The van der Waals surface area contributed by atoms with Crippen LogP contribution in [0.3, 0.4) is 0 Å². The Kier molecular flexibility index (Phi) is 7.79. The molecule has 3 atom stereocenters. The van der Waals surface area contributed by atoms with Crippen molar-refractivity contribution >= 4 is 18.0 Å². The van der Waals surface area contributed by atoms with Gasteiger partial charge in [0.25, 0.3) is 0 Å². The molecule has 0 radical (unpaired) electrons. The molecule has 5 nitrogen and oxygen atoms in total. The van der Waals surface area contributed by atoms with Gasteiger partial charge in [0.05, 0.1) is 0 Å². The number of hydrogen-bond donors (Lipinski definition) is 0. The molecule has 2 bridgehead atoms. The quantitative estimate of drug-likeness (QED) is 0.204. The van der Waals surface area contributed by atoms with Crippen molar-refractivity contribution in [3.05, 3.63) is 76.9 Å². The van der Waals surface area contributed by atoms with Crippen molar-refractivity contribution in [2.24, 2.45) is 5.92 Å². The predicted octanol–water partition coefficient (Wildman–Crippen LogP) is 6.11. The Bertz CT molecular complexity index is 1190. The summed E-state index contributed by atoms with van der Waals surface area (Å²) in [6.45, 7) is 12.9. The Morgan fingerprint density at radius 3 is 2.67 bits per heavy atom. The van der Waals surface area contributed by atoms with Crippen molar-refractivity contribution in [2.75, 3.05) is 13.1 Å². The van der Waals surface area contributed by atoms with Gasteiger partial charge in [-0.1, -0.05) is 56.7 Å². The van der Waals surface area contributed by atoms with E-state index in [0.29, 0.717) is 29.0 Å². The van der Waals surface area contributed by atoms with E-state index in [2.05, 4.69) is 50.8 Å². The van der Waals surface area contributed by atoms with Crippen molar-refractivity contribution < 1.29 is 19.1 Å². The lowest BCUT2D eigenvalue weighted by Gasteiger charge is -2.54. The number of likely N-dealkylation sites (tertiary alicyclic amines) is 1. The molecule has 0 amide bonds. The Morgan fingerprint density at radius 1 is 1.14 bits per heavy atom. The molecule has 1 aliphatic carbocycles. The summed E-state index contributed by atoms with van der Waals surface area (Å²) in [7, 11) is 0. The lowest BCUT2D eigenvalue weighted by atomic mass is 9.59. The van der Waals surface area contributed by atoms with Gasteiger partial charge in [-0.2, -0.15) is 0 Å². The lowest BCUT2D eigenvalue weighted by molar-refractivity contribution is -0.134. The number of carbonyl (C=O) groups excluding carboxylic acids is 2. The van der Waals surface area contributed by atoms with Crippen molar-refractivity contribution in [3.63, 3.8) is 0 Å². The number of piperidine rings is 1. The zero-order valence-corrected chi connectivity index (χ0v) is 22.0. The van der Waals surface area contributed by atoms with Crippen LogP contribution in [0.4, 0.5) is 0 Å². The number of hydrogen-bond acceptors (Lipinski definition) is 5. The number of ether oxygens (including phenoxy) is 2. The summed E-state index contributed by atoms with van der Waals surface area (Å²) in [5, 5.41) is 0. The van der Waals surface area contributed by atoms with E-state index in [1.807, 2.05) is 12.1 Å². The normalized spacial score (nSPS) is 23.1. The van der Waals surface area contributed by atoms with Crippen LogP contribution in [0, 0.1) is 5.92 Å². The molecular weight excluding hydrogens is 450 g/mol. The standard InChI is InChI=1S/C31H37NO4/c1-6-29(33)36-28-10-8-7-9-23(28)12-14-30(34)35-25-13-11-24-19-27-22(4)31(5,26(24)20-25)16-18-32(27)17-15-21(2)3/h7-15,20,22,27H,6,16-19H2,1-5H3/b14-12-/t22-,27-,31-/m1/s1. The van der Waals surface area contributed by atoms with Crippen LogP contribution >= 0.6 is 0 Å². The molecule has 1 heterocycles. The minimum atomic E-state index is -0.463. The summed E-state index contributed by atoms with van der Waals surface area (Å²) in [4.78, 5) is 27.0. The zero-order valence-electron chi connectivity index (χ0n) is 22.0. The van der Waals surface area contributed by atoms with Gasteiger partial charge < -0.3 is 9.47 Å². The molecule has 0 spiro atoms. The van der Waals surface area contributed by atoms with Gasteiger partial charge in [0.1, 0.15) is 11.5 Å². The smallest absolute Gasteiger partial charge is 0.336 e. The van der Waals surface area contributed by atoms with E-state index in [1.54, 1.807) is 31.2 Å². The van der Waals surface area contributed by atoms with Crippen LogP contribution in [0.25, 0.3) is 6.08 Å². The number of rotatable bonds is 7. The Morgan fingerprint density at radius 2 is 1.92 bits per heavy atom. The average Bonchev–Trinajstić information content (AvgIpc) is 2.85. The Balaban J connectivity index is 1.49. The van der Waals surface area contributed by atoms with E-state index in [-0.39, 0.29) is 17.8 Å². The van der Waals surface area contributed by atoms with Crippen LogP contribution in [0.2, 0.25) is 0 Å². The van der Waals surface area contributed by atoms with Crippen LogP contribution in [0.15, 0.2) is 60.2 Å². The third-order valence-corrected chi connectivity index (χ3v) is 7.88. The molecule has 0 unspecified atom stereocenters. The summed E-state index contributed by atoms with van der Waals surface area (Å²) in [5.41, 5.74) is 4.72. The molecule has 2 aromatic rings. The molecule has 190 valence electrons. The number of nitrogens with zero attached hydrogens (tertiary/aromatic N) is 1. The summed E-state index contributed by atoms with van der Waals surface area (Å²) >= 11 is 0. The SMILES string of the molecule is CCC(=O)Oc1ccccc1/C=C\C(=O)Oc1ccc2c(c1)[C@]1(C)CCN(CC=C(C)C)[C@H](C2)[C@H]1C. The van der Waals surface area contributed by atoms with Crippen LogP contribution in [-0.4, -0.2) is 36.0 Å². The topological polar surface area (TPSA) is 55.8 Å². The molecule has 5 heteroatoms. The lowest BCUT2D eigenvalue weighted by Crippen LogP contribution is -2.57. The van der Waals surface area contributed by atoms with Gasteiger partial charge in [-0.05, 0) is 80.0 Å². The molecule has 1 fully saturated rings. The fourth-order valence-electron chi connectivity index (χ4n) is 5.49. The number of benzene rings is 2. The van der Waals surface area contributed by atoms with E-state index in [4.69, 9.17) is 9.47 Å². The molecule has 36 heavy (non-hydrogen) atoms. The van der Waals surface area contributed by atoms with E-state index in [0.717, 1.165) is 25.9 Å². The molecule has 2 aliphatic rings. The van der Waals surface area contributed by atoms with E-state index in [9.17, 15) is 9.59 Å². The second-order valence-corrected chi connectivity index (χ2v) is 10.4. The van der Waals surface area contributed by atoms with Gasteiger partial charge in [-0.25, -0.2) is 4.79 Å². The van der Waals surface area contributed by atoms with Gasteiger partial charge in [-0.15, -0.1) is 0 Å². The third kappa shape index (κ3) is 5.46. The van der Waals surface area contributed by atoms with Crippen LogP contribution in [-0.2, 0) is 21.4 Å². The van der Waals surface area contributed by atoms with E-state index >= 15 is 0 Å². The number of para-hydroxylation sites is 1. The highest BCUT2D eigenvalue weighted by molar-refractivity contribution is 5.89. The van der Waals surface area contributed by atoms with Crippen molar-refractivity contribution in [1.82, 2.24) is 4.90 Å². The van der Waals surface area contributed by atoms with Crippen molar-refractivity contribution in [1.29, 1.82) is 0 Å². The van der Waals surface area contributed by atoms with E-state index in [1.165, 1.54) is 22.8 Å². The van der Waals surface area contributed by atoms with Crippen molar-refractivity contribution in [3.8, 4) is 11.5 Å². The average molecular weight is 488 g/mol. The monoisotopic (exact) mass is 487 g/mol. The first kappa shape index (κ1) is 25.9. The molecule has 0 aromatic heterocycles. The molecule has 1 saturated heterocycles. The maximum absolute atomic E-state index is 12.6. The maximum atomic E-state index is 12.6. The third-order valence-electron chi connectivity index (χ3n) is 7.88. The largest absolute Gasteiger partial charge is 0.426 e. The van der Waals surface area contributed by atoms with Gasteiger partial charge in [0.2, 0.25) is 0 Å². The second kappa shape index (κ2) is 10.8. The van der Waals surface area contributed by atoms with Gasteiger partial charge in [0.15, 0.2) is 0 Å². The minimum Gasteiger partial charge on any atom is -0.426 e. The molecule has 0 N–H and O–H groups in total. The fourth-order valence-corrected chi connectivity index (χ4v) is 5.49. The number of esters is 2. The highest BCUT2D eigenvalue weighted by atomic mass is 16.5. The number of carbonyl (C=O) groups is 2. The number of fused-ring (bicyclic) bond motifs is 4. The fraction of sp³-hybridized carbons (Fsp3) is 0.419. The van der Waals surface area contributed by atoms with Crippen LogP contribution < -0.4 is 9.47 Å². The Hall–Kier alpha value is -3.18. The summed E-state index contributed by atoms with van der Waals surface area (Å²) in [6, 6.07) is 13.7. The molecule has 2 aromatic carbocycles. The van der Waals surface area contributed by atoms with E-state index < -0.39 is 5.97 Å². The molecular formula is C31H37NO4. The Labute approximate surface area is 214 Å². The number of allylic oxidation sites excluding steroid dienone is 1. The van der Waals surface area contributed by atoms with Gasteiger partial charge in [0, 0.05) is 30.6 Å². The molecule has 4 rings (SSSR count). The zero-order chi connectivity index (χ0) is 25.9. The van der Waals surface area contributed by atoms with Gasteiger partial charge >= 0.3 is 11.9 Å². The summed E-state index contributed by atoms with van der Waals surface area (Å²) < 4.78 is 11.0. The first-order valence-electron chi connectivity index (χ1n) is 12.9. The van der Waals surface area contributed by atoms with Crippen LogP contribution in [0.1, 0.15) is 64.2 Å². The predicted molar refractivity (Wildman–Crippen MR) is 143 cm³/mol. The molecule has 1 aliphatic heterocycles. The summed E-state index contributed by atoms with van der Waals surface area (Å²) in [6.07, 6.45) is 7.70. The molecule has 0 saturated carbocycles.